The molecule has 1 fully saturated rings. The Kier molecular flexibility index (Phi) is 6.07. The van der Waals surface area contributed by atoms with Crippen LogP contribution in [0, 0.1) is 0 Å². The lowest BCUT2D eigenvalue weighted by atomic mass is 10.2. The number of carbonyl (C=O) groups excluding carboxylic acids is 2. The Morgan fingerprint density at radius 3 is 2.44 bits per heavy atom. The maximum absolute atomic E-state index is 12.0. The highest BCUT2D eigenvalue weighted by molar-refractivity contribution is 5.82. The number of amides is 1. The molecule has 6 heteroatoms. The van der Waals surface area contributed by atoms with Crippen LogP contribution in [0.4, 0.5) is 0 Å². The molecule has 1 atom stereocenters. The van der Waals surface area contributed by atoms with Crippen molar-refractivity contribution in [3.8, 4) is 0 Å². The first-order valence-corrected chi connectivity index (χ1v) is 6.30. The SMILES string of the molecule is CC(C)OC(=O)CNC(C)C(=O)N1CCOCC1. The molecule has 1 unspecified atom stereocenters. The number of morpholine rings is 1. The lowest BCUT2D eigenvalue weighted by molar-refractivity contribution is -0.146. The molecular weight excluding hydrogens is 236 g/mol. The van der Waals surface area contributed by atoms with Crippen molar-refractivity contribution in [2.75, 3.05) is 32.8 Å². The number of nitrogens with one attached hydrogen (secondary N) is 1. The summed E-state index contributed by atoms with van der Waals surface area (Å²) in [6.45, 7) is 7.76. The molecule has 1 aliphatic rings. The molecule has 0 spiro atoms. The molecule has 6 nitrogen and oxygen atoms in total. The molecule has 1 N–H and O–H groups in total. The van der Waals surface area contributed by atoms with Gasteiger partial charge in [0.2, 0.25) is 5.91 Å². The Morgan fingerprint density at radius 1 is 1.28 bits per heavy atom. The van der Waals surface area contributed by atoms with Crippen LogP contribution in [0.3, 0.4) is 0 Å². The third-order valence-electron chi connectivity index (χ3n) is 2.61. The number of esters is 1. The van der Waals surface area contributed by atoms with Crippen LogP contribution in [-0.4, -0.2) is 61.8 Å². The van der Waals surface area contributed by atoms with Crippen molar-refractivity contribution in [3.63, 3.8) is 0 Å². The highest BCUT2D eigenvalue weighted by Gasteiger charge is 2.22. The van der Waals surface area contributed by atoms with Gasteiger partial charge in [0, 0.05) is 13.1 Å². The van der Waals surface area contributed by atoms with E-state index in [1.807, 2.05) is 0 Å². The molecular formula is C12H22N2O4. The van der Waals surface area contributed by atoms with Crippen LogP contribution in [0.25, 0.3) is 0 Å². The average molecular weight is 258 g/mol. The van der Waals surface area contributed by atoms with Crippen molar-refractivity contribution in [1.82, 2.24) is 10.2 Å². The van der Waals surface area contributed by atoms with Gasteiger partial charge < -0.3 is 14.4 Å². The second-order valence-electron chi connectivity index (χ2n) is 4.58. The molecule has 0 bridgehead atoms. The first kappa shape index (κ1) is 14.9. The number of rotatable bonds is 5. The van der Waals surface area contributed by atoms with E-state index in [4.69, 9.17) is 9.47 Å². The van der Waals surface area contributed by atoms with Gasteiger partial charge in [-0.1, -0.05) is 0 Å². The Balaban J connectivity index is 2.28. The van der Waals surface area contributed by atoms with E-state index >= 15 is 0 Å². The molecule has 0 aromatic carbocycles. The molecule has 18 heavy (non-hydrogen) atoms. The van der Waals surface area contributed by atoms with Crippen molar-refractivity contribution >= 4 is 11.9 Å². The van der Waals surface area contributed by atoms with E-state index in [0.717, 1.165) is 0 Å². The first-order chi connectivity index (χ1) is 8.50. The number of ether oxygens (including phenoxy) is 2. The summed E-state index contributed by atoms with van der Waals surface area (Å²) < 4.78 is 10.2. The fraction of sp³-hybridized carbons (Fsp3) is 0.833. The van der Waals surface area contributed by atoms with Crippen LogP contribution in [-0.2, 0) is 19.1 Å². The van der Waals surface area contributed by atoms with Gasteiger partial charge in [-0.05, 0) is 20.8 Å². The predicted octanol–water partition coefficient (Wildman–Crippen LogP) is -0.225. The molecule has 0 radical (unpaired) electrons. The van der Waals surface area contributed by atoms with Gasteiger partial charge in [0.15, 0.2) is 0 Å². The van der Waals surface area contributed by atoms with E-state index in [1.54, 1.807) is 25.7 Å². The summed E-state index contributed by atoms with van der Waals surface area (Å²) in [6, 6.07) is -0.386. The van der Waals surface area contributed by atoms with Gasteiger partial charge >= 0.3 is 5.97 Å². The molecule has 0 saturated carbocycles. The van der Waals surface area contributed by atoms with Crippen LogP contribution in [0.5, 0.6) is 0 Å². The largest absolute Gasteiger partial charge is 0.462 e. The topological polar surface area (TPSA) is 67.9 Å². The quantitative estimate of drug-likeness (QED) is 0.690. The van der Waals surface area contributed by atoms with E-state index in [2.05, 4.69) is 5.32 Å². The maximum Gasteiger partial charge on any atom is 0.320 e. The minimum Gasteiger partial charge on any atom is -0.462 e. The first-order valence-electron chi connectivity index (χ1n) is 6.30. The number of nitrogens with zero attached hydrogens (tertiary/aromatic N) is 1. The van der Waals surface area contributed by atoms with E-state index in [1.165, 1.54) is 0 Å². The van der Waals surface area contributed by atoms with Gasteiger partial charge in [-0.25, -0.2) is 0 Å². The summed E-state index contributed by atoms with van der Waals surface area (Å²) in [5.74, 6) is -0.345. The minimum atomic E-state index is -0.386. The van der Waals surface area contributed by atoms with Crippen LogP contribution < -0.4 is 5.32 Å². The third kappa shape index (κ3) is 5.01. The molecule has 1 amide bonds. The van der Waals surface area contributed by atoms with Gasteiger partial charge in [-0.2, -0.15) is 0 Å². The van der Waals surface area contributed by atoms with E-state index < -0.39 is 0 Å². The molecule has 104 valence electrons. The molecule has 1 saturated heterocycles. The second-order valence-corrected chi connectivity index (χ2v) is 4.58. The lowest BCUT2D eigenvalue weighted by Gasteiger charge is -2.29. The van der Waals surface area contributed by atoms with Gasteiger partial charge in [0.25, 0.3) is 0 Å². The van der Waals surface area contributed by atoms with Crippen molar-refractivity contribution < 1.29 is 19.1 Å². The van der Waals surface area contributed by atoms with Crippen LogP contribution >= 0.6 is 0 Å². The van der Waals surface area contributed by atoms with Gasteiger partial charge in [-0.15, -0.1) is 0 Å². The zero-order valence-electron chi connectivity index (χ0n) is 11.3. The summed E-state index contributed by atoms with van der Waals surface area (Å²) in [5.41, 5.74) is 0. The molecule has 0 aromatic rings. The van der Waals surface area contributed by atoms with Gasteiger partial charge in [0.05, 0.1) is 31.9 Å². The summed E-state index contributed by atoms with van der Waals surface area (Å²) >= 11 is 0. The molecule has 0 aliphatic carbocycles. The van der Waals surface area contributed by atoms with Crippen molar-refractivity contribution in [1.29, 1.82) is 0 Å². The zero-order valence-corrected chi connectivity index (χ0v) is 11.3. The Labute approximate surface area is 108 Å². The Hall–Kier alpha value is -1.14. The van der Waals surface area contributed by atoms with Crippen LogP contribution in [0.2, 0.25) is 0 Å². The summed E-state index contributed by atoms with van der Waals surface area (Å²) in [5, 5.41) is 2.88. The molecule has 1 heterocycles. The normalized spacial score (nSPS) is 17.7. The number of hydrogen-bond acceptors (Lipinski definition) is 5. The average Bonchev–Trinajstić information content (AvgIpc) is 2.35. The molecule has 0 aromatic heterocycles. The standard InChI is InChI=1S/C12H22N2O4/c1-9(2)18-11(15)8-13-10(3)12(16)14-4-6-17-7-5-14/h9-10,13H,4-8H2,1-3H3. The van der Waals surface area contributed by atoms with E-state index in [0.29, 0.717) is 26.3 Å². The Bertz CT molecular complexity index is 288. The van der Waals surface area contributed by atoms with Gasteiger partial charge in [0.1, 0.15) is 0 Å². The highest BCUT2D eigenvalue weighted by Crippen LogP contribution is 2.00. The number of carbonyl (C=O) groups is 2. The number of hydrogen-bond donors (Lipinski definition) is 1. The lowest BCUT2D eigenvalue weighted by Crippen LogP contribution is -2.50. The zero-order chi connectivity index (χ0) is 13.5. The maximum atomic E-state index is 12.0. The summed E-state index contributed by atoms with van der Waals surface area (Å²) in [4.78, 5) is 25.1. The smallest absolute Gasteiger partial charge is 0.320 e. The highest BCUT2D eigenvalue weighted by atomic mass is 16.5. The molecule has 1 aliphatic heterocycles. The fourth-order valence-corrected chi connectivity index (χ4v) is 1.69. The van der Waals surface area contributed by atoms with Crippen molar-refractivity contribution in [2.45, 2.75) is 32.9 Å². The predicted molar refractivity (Wildman–Crippen MR) is 66.1 cm³/mol. The monoisotopic (exact) mass is 258 g/mol. The Morgan fingerprint density at radius 2 is 1.89 bits per heavy atom. The van der Waals surface area contributed by atoms with Crippen LogP contribution in [0.1, 0.15) is 20.8 Å². The van der Waals surface area contributed by atoms with Crippen molar-refractivity contribution in [2.24, 2.45) is 0 Å². The van der Waals surface area contributed by atoms with Crippen molar-refractivity contribution in [3.05, 3.63) is 0 Å². The fourth-order valence-electron chi connectivity index (χ4n) is 1.69. The van der Waals surface area contributed by atoms with Gasteiger partial charge in [-0.3, -0.25) is 14.9 Å². The summed E-state index contributed by atoms with van der Waals surface area (Å²) in [7, 11) is 0. The van der Waals surface area contributed by atoms with Crippen LogP contribution in [0.15, 0.2) is 0 Å². The minimum absolute atomic E-state index is 0.00403. The van der Waals surface area contributed by atoms with E-state index in [9.17, 15) is 9.59 Å². The van der Waals surface area contributed by atoms with E-state index in [-0.39, 0.29) is 30.6 Å². The summed E-state index contributed by atoms with van der Waals surface area (Å²) in [6.07, 6.45) is -0.135. The second kappa shape index (κ2) is 7.33. The molecule has 1 rings (SSSR count). The third-order valence-corrected chi connectivity index (χ3v) is 2.61.